The molecule has 2 aromatic rings. The molecule has 1 atom stereocenters. The predicted molar refractivity (Wildman–Crippen MR) is 120 cm³/mol. The molecule has 0 aliphatic heterocycles. The third-order valence-corrected chi connectivity index (χ3v) is 7.98. The molecule has 10 heteroatoms. The number of nitrogens with two attached hydrogens (primary N) is 1. The van der Waals surface area contributed by atoms with Crippen LogP contribution in [0.1, 0.15) is 73.2 Å². The van der Waals surface area contributed by atoms with Crippen LogP contribution in [0.4, 0.5) is 5.00 Å². The van der Waals surface area contributed by atoms with Crippen LogP contribution in [0.3, 0.4) is 0 Å². The van der Waals surface area contributed by atoms with Crippen molar-refractivity contribution in [3.8, 4) is 6.07 Å². The van der Waals surface area contributed by atoms with Gasteiger partial charge in [-0.3, -0.25) is 9.59 Å². The van der Waals surface area contributed by atoms with Crippen LogP contribution in [0.2, 0.25) is 0 Å². The minimum atomic E-state index is -0.433. The first-order chi connectivity index (χ1) is 15.0. The largest absolute Gasteiger partial charge is 0.370 e. The van der Waals surface area contributed by atoms with Crippen LogP contribution in [0, 0.1) is 11.3 Å². The summed E-state index contributed by atoms with van der Waals surface area (Å²) in [6.07, 6.45) is 7.61. The zero-order valence-corrected chi connectivity index (χ0v) is 19.2. The fourth-order valence-electron chi connectivity index (χ4n) is 3.84. The van der Waals surface area contributed by atoms with E-state index >= 15 is 0 Å². The van der Waals surface area contributed by atoms with Gasteiger partial charge in [-0.15, -0.1) is 21.5 Å². The van der Waals surface area contributed by atoms with Crippen molar-refractivity contribution in [1.29, 1.82) is 5.26 Å². The number of thioether (sulfide) groups is 1. The summed E-state index contributed by atoms with van der Waals surface area (Å²) >= 11 is 2.85. The number of nitrogens with one attached hydrogen (secondary N) is 1. The Kier molecular flexibility index (Phi) is 6.62. The zero-order chi connectivity index (χ0) is 22.0. The first-order valence-electron chi connectivity index (χ1n) is 10.7. The lowest BCUT2D eigenvalue weighted by Gasteiger charge is -2.13. The quantitative estimate of drug-likeness (QED) is 0.461. The summed E-state index contributed by atoms with van der Waals surface area (Å²) in [5, 5.41) is 22.1. The van der Waals surface area contributed by atoms with Crippen LogP contribution in [-0.2, 0) is 29.0 Å². The Hall–Kier alpha value is -2.38. The SMILES string of the molecule is CC(Sc1nnc(C2CC2)n1CCC(N)=O)C(=O)Nc1sc2c(c1C#N)CCCCC2. The van der Waals surface area contributed by atoms with E-state index in [-0.39, 0.29) is 18.2 Å². The van der Waals surface area contributed by atoms with Crippen LogP contribution >= 0.6 is 23.1 Å². The first kappa shape index (κ1) is 21.8. The van der Waals surface area contributed by atoms with E-state index in [1.165, 1.54) is 34.4 Å². The van der Waals surface area contributed by atoms with E-state index in [0.29, 0.717) is 28.2 Å². The molecule has 0 bridgehead atoms. The Labute approximate surface area is 189 Å². The predicted octanol–water partition coefficient (Wildman–Crippen LogP) is 3.35. The van der Waals surface area contributed by atoms with Crippen molar-refractivity contribution in [1.82, 2.24) is 14.8 Å². The van der Waals surface area contributed by atoms with Gasteiger partial charge in [0.2, 0.25) is 11.8 Å². The van der Waals surface area contributed by atoms with Gasteiger partial charge in [0.1, 0.15) is 16.9 Å². The maximum atomic E-state index is 12.9. The van der Waals surface area contributed by atoms with Crippen LogP contribution < -0.4 is 11.1 Å². The second-order valence-electron chi connectivity index (χ2n) is 8.11. The van der Waals surface area contributed by atoms with Gasteiger partial charge in [0.25, 0.3) is 0 Å². The number of carbonyl (C=O) groups is 2. The number of anilines is 1. The fraction of sp³-hybridized carbons (Fsp3) is 0.571. The van der Waals surface area contributed by atoms with Gasteiger partial charge >= 0.3 is 0 Å². The van der Waals surface area contributed by atoms with E-state index in [1.54, 1.807) is 0 Å². The lowest BCUT2D eigenvalue weighted by molar-refractivity contribution is -0.118. The molecule has 2 aliphatic carbocycles. The molecule has 1 unspecified atom stereocenters. The van der Waals surface area contributed by atoms with E-state index in [2.05, 4.69) is 21.6 Å². The molecule has 0 radical (unpaired) electrons. The number of nitrogens with zero attached hydrogens (tertiary/aromatic N) is 4. The van der Waals surface area contributed by atoms with Crippen LogP contribution in [0.25, 0.3) is 0 Å². The summed E-state index contributed by atoms with van der Waals surface area (Å²) in [6.45, 7) is 2.23. The third kappa shape index (κ3) is 4.93. The number of primary amides is 1. The lowest BCUT2D eigenvalue weighted by atomic mass is 10.1. The molecule has 1 fully saturated rings. The van der Waals surface area contributed by atoms with E-state index in [1.807, 2.05) is 11.5 Å². The monoisotopic (exact) mass is 458 g/mol. The lowest BCUT2D eigenvalue weighted by Crippen LogP contribution is -2.23. The Bertz CT molecular complexity index is 1030. The van der Waals surface area contributed by atoms with Crippen LogP contribution in [-0.4, -0.2) is 31.8 Å². The second kappa shape index (κ2) is 9.40. The maximum Gasteiger partial charge on any atom is 0.238 e. The summed E-state index contributed by atoms with van der Waals surface area (Å²) in [5.74, 6) is 0.692. The molecular weight excluding hydrogens is 432 g/mol. The van der Waals surface area contributed by atoms with Crippen molar-refractivity contribution in [2.24, 2.45) is 5.73 Å². The standard InChI is InChI=1S/C21H26N6O2S2/c1-12(30-21-26-25-18(13-7-8-13)27(21)10-9-17(23)28)19(29)24-20-15(11-22)14-5-3-2-4-6-16(14)31-20/h12-13H,2-10H2,1H3,(H2,23,28)(H,24,29). The van der Waals surface area contributed by atoms with Crippen molar-refractivity contribution in [2.45, 2.75) is 81.2 Å². The second-order valence-corrected chi connectivity index (χ2v) is 10.5. The number of carbonyl (C=O) groups excluding carboxylic acids is 2. The maximum absolute atomic E-state index is 12.9. The highest BCUT2D eigenvalue weighted by atomic mass is 32.2. The molecule has 31 heavy (non-hydrogen) atoms. The Morgan fingerprint density at radius 2 is 2.10 bits per heavy atom. The van der Waals surface area contributed by atoms with Gasteiger partial charge in [0.15, 0.2) is 5.16 Å². The molecule has 4 rings (SSSR count). The number of thiophene rings is 1. The highest BCUT2D eigenvalue weighted by Crippen LogP contribution is 2.41. The van der Waals surface area contributed by atoms with Crippen molar-refractivity contribution < 1.29 is 9.59 Å². The molecule has 164 valence electrons. The molecule has 1 saturated carbocycles. The Morgan fingerprint density at radius 3 is 2.81 bits per heavy atom. The fourth-order valence-corrected chi connectivity index (χ4v) is 5.96. The summed E-state index contributed by atoms with van der Waals surface area (Å²) in [6, 6.07) is 2.30. The molecular formula is C21H26N6O2S2. The van der Waals surface area contributed by atoms with Gasteiger partial charge in [-0.2, -0.15) is 5.26 Å². The average molecular weight is 459 g/mol. The molecule has 2 aromatic heterocycles. The molecule has 0 saturated heterocycles. The van der Waals surface area contributed by atoms with E-state index in [4.69, 9.17) is 5.73 Å². The normalized spacial score (nSPS) is 16.8. The summed E-state index contributed by atoms with van der Waals surface area (Å²) < 4.78 is 1.92. The van der Waals surface area contributed by atoms with E-state index < -0.39 is 5.25 Å². The average Bonchev–Trinajstić information content (AvgIpc) is 3.48. The number of hydrogen-bond donors (Lipinski definition) is 2. The van der Waals surface area contributed by atoms with Crippen molar-refractivity contribution in [2.75, 3.05) is 5.32 Å². The van der Waals surface area contributed by atoms with Crippen molar-refractivity contribution >= 4 is 39.9 Å². The van der Waals surface area contributed by atoms with Gasteiger partial charge in [-0.25, -0.2) is 0 Å². The van der Waals surface area contributed by atoms with Gasteiger partial charge in [0, 0.05) is 23.8 Å². The van der Waals surface area contributed by atoms with Gasteiger partial charge < -0.3 is 15.6 Å². The molecule has 8 nitrogen and oxygen atoms in total. The Balaban J connectivity index is 1.47. The van der Waals surface area contributed by atoms with Crippen molar-refractivity contribution in [3.05, 3.63) is 21.8 Å². The minimum absolute atomic E-state index is 0.171. The third-order valence-electron chi connectivity index (χ3n) is 5.69. The number of aromatic nitrogens is 3. The first-order valence-corrected chi connectivity index (χ1v) is 12.4. The molecule has 0 spiro atoms. The summed E-state index contributed by atoms with van der Waals surface area (Å²) in [4.78, 5) is 25.4. The molecule has 3 N–H and O–H groups in total. The van der Waals surface area contributed by atoms with Crippen LogP contribution in [0.15, 0.2) is 5.16 Å². The number of hydrogen-bond acceptors (Lipinski definition) is 7. The number of amides is 2. The van der Waals surface area contributed by atoms with Crippen LogP contribution in [0.5, 0.6) is 0 Å². The highest BCUT2D eigenvalue weighted by Gasteiger charge is 2.31. The number of rotatable bonds is 8. The number of nitriles is 1. The number of fused-ring (bicyclic) bond motifs is 1. The summed E-state index contributed by atoms with van der Waals surface area (Å²) in [7, 11) is 0. The van der Waals surface area contributed by atoms with Gasteiger partial charge in [0.05, 0.1) is 10.8 Å². The highest BCUT2D eigenvalue weighted by molar-refractivity contribution is 8.00. The van der Waals surface area contributed by atoms with E-state index in [0.717, 1.165) is 49.9 Å². The van der Waals surface area contributed by atoms with Gasteiger partial charge in [-0.1, -0.05) is 18.2 Å². The van der Waals surface area contributed by atoms with E-state index in [9.17, 15) is 14.9 Å². The minimum Gasteiger partial charge on any atom is -0.370 e. The summed E-state index contributed by atoms with van der Waals surface area (Å²) in [5.41, 5.74) is 7.06. The molecule has 2 amide bonds. The molecule has 2 aliphatic rings. The topological polar surface area (TPSA) is 127 Å². The zero-order valence-electron chi connectivity index (χ0n) is 17.5. The van der Waals surface area contributed by atoms with Gasteiger partial charge in [-0.05, 0) is 51.0 Å². The molecule has 2 heterocycles. The Morgan fingerprint density at radius 1 is 1.32 bits per heavy atom. The molecule has 0 aromatic carbocycles. The van der Waals surface area contributed by atoms with Crippen molar-refractivity contribution in [3.63, 3.8) is 0 Å². The smallest absolute Gasteiger partial charge is 0.238 e. The number of aryl methyl sites for hydroxylation is 1.